The summed E-state index contributed by atoms with van der Waals surface area (Å²) in [5.41, 5.74) is 2.31. The zero-order chi connectivity index (χ0) is 12.5. The monoisotopic (exact) mass is 246 g/mol. The number of rotatable bonds is 3. The summed E-state index contributed by atoms with van der Waals surface area (Å²) in [7, 11) is 1.72. The maximum Gasteiger partial charge on any atom is 0.243 e. The standard InChI is InChI=1S/C14H18N2O2/c1-18-11-7-10(8-11)15-14(17)13-6-9-4-2-3-5-12(9)16-13/h2-5,10-11,13,16H,6-8H2,1H3,(H,15,17). The molecule has 18 heavy (non-hydrogen) atoms. The molecular formula is C14H18N2O2. The van der Waals surface area contributed by atoms with E-state index in [0.717, 1.165) is 24.9 Å². The molecule has 2 N–H and O–H groups in total. The minimum absolute atomic E-state index is 0.103. The second kappa shape index (κ2) is 4.61. The van der Waals surface area contributed by atoms with Crippen molar-refractivity contribution in [3.05, 3.63) is 29.8 Å². The lowest BCUT2D eigenvalue weighted by Crippen LogP contribution is -2.51. The van der Waals surface area contributed by atoms with Crippen LogP contribution in [0.1, 0.15) is 18.4 Å². The predicted molar refractivity (Wildman–Crippen MR) is 69.5 cm³/mol. The van der Waals surface area contributed by atoms with Crippen LogP contribution in [0.25, 0.3) is 0 Å². The van der Waals surface area contributed by atoms with Gasteiger partial charge in [0.2, 0.25) is 5.91 Å². The molecule has 0 saturated heterocycles. The van der Waals surface area contributed by atoms with Crippen molar-refractivity contribution in [3.8, 4) is 0 Å². The van der Waals surface area contributed by atoms with Crippen molar-refractivity contribution in [3.63, 3.8) is 0 Å². The van der Waals surface area contributed by atoms with Gasteiger partial charge in [-0.25, -0.2) is 0 Å². The molecule has 4 nitrogen and oxygen atoms in total. The van der Waals surface area contributed by atoms with Crippen LogP contribution < -0.4 is 10.6 Å². The Labute approximate surface area is 107 Å². The minimum atomic E-state index is -0.121. The van der Waals surface area contributed by atoms with Crippen LogP contribution in [0.2, 0.25) is 0 Å². The van der Waals surface area contributed by atoms with Crippen molar-refractivity contribution in [2.75, 3.05) is 12.4 Å². The van der Waals surface area contributed by atoms with Crippen molar-refractivity contribution in [1.82, 2.24) is 5.32 Å². The fourth-order valence-corrected chi connectivity index (χ4v) is 2.63. The Kier molecular flexibility index (Phi) is 2.96. The normalized spacial score (nSPS) is 29.1. The van der Waals surface area contributed by atoms with Gasteiger partial charge in [-0.1, -0.05) is 18.2 Å². The van der Waals surface area contributed by atoms with Crippen molar-refractivity contribution in [2.45, 2.75) is 37.5 Å². The first-order chi connectivity index (χ1) is 8.76. The number of ether oxygens (including phenoxy) is 1. The number of anilines is 1. The molecule has 4 heteroatoms. The lowest BCUT2D eigenvalue weighted by Gasteiger charge is -2.35. The molecule has 0 spiro atoms. The Bertz CT molecular complexity index is 430. The summed E-state index contributed by atoms with van der Waals surface area (Å²) in [6.07, 6.45) is 2.97. The van der Waals surface area contributed by atoms with E-state index in [0.29, 0.717) is 6.10 Å². The lowest BCUT2D eigenvalue weighted by atomic mass is 9.89. The number of hydrogen-bond donors (Lipinski definition) is 2. The second-order valence-corrected chi connectivity index (χ2v) is 5.09. The van der Waals surface area contributed by atoms with E-state index in [4.69, 9.17) is 4.74 Å². The molecule has 1 heterocycles. The van der Waals surface area contributed by atoms with Crippen LogP contribution in [0.5, 0.6) is 0 Å². The third-order valence-corrected chi connectivity index (χ3v) is 3.86. The first-order valence-corrected chi connectivity index (χ1v) is 6.44. The van der Waals surface area contributed by atoms with Gasteiger partial charge in [-0.3, -0.25) is 4.79 Å². The van der Waals surface area contributed by atoms with Gasteiger partial charge in [0.05, 0.1) is 6.10 Å². The van der Waals surface area contributed by atoms with E-state index in [1.54, 1.807) is 7.11 Å². The number of hydrogen-bond acceptors (Lipinski definition) is 3. The van der Waals surface area contributed by atoms with Crippen LogP contribution in [-0.2, 0) is 16.0 Å². The minimum Gasteiger partial charge on any atom is -0.381 e. The number of carbonyl (C=O) groups excluding carboxylic acids is 1. The van der Waals surface area contributed by atoms with Gasteiger partial charge < -0.3 is 15.4 Å². The maximum absolute atomic E-state index is 12.1. The van der Waals surface area contributed by atoms with E-state index in [-0.39, 0.29) is 18.0 Å². The Hall–Kier alpha value is -1.55. The topological polar surface area (TPSA) is 50.4 Å². The Morgan fingerprint density at radius 2 is 2.17 bits per heavy atom. The van der Waals surface area contributed by atoms with Crippen LogP contribution in [0.4, 0.5) is 5.69 Å². The van der Waals surface area contributed by atoms with Gasteiger partial charge >= 0.3 is 0 Å². The summed E-state index contributed by atoms with van der Waals surface area (Å²) in [5.74, 6) is 0.103. The molecule has 1 atom stereocenters. The quantitative estimate of drug-likeness (QED) is 0.845. The molecule has 1 fully saturated rings. The molecule has 1 amide bonds. The molecular weight excluding hydrogens is 228 g/mol. The highest BCUT2D eigenvalue weighted by molar-refractivity contribution is 5.87. The average Bonchev–Trinajstić information content (AvgIpc) is 2.76. The third-order valence-electron chi connectivity index (χ3n) is 3.86. The number of benzene rings is 1. The number of methoxy groups -OCH3 is 1. The van der Waals surface area contributed by atoms with E-state index in [2.05, 4.69) is 16.7 Å². The first-order valence-electron chi connectivity index (χ1n) is 6.44. The molecule has 1 aliphatic heterocycles. The Balaban J connectivity index is 1.54. The van der Waals surface area contributed by atoms with Crippen LogP contribution in [0.15, 0.2) is 24.3 Å². The molecule has 96 valence electrons. The van der Waals surface area contributed by atoms with Gasteiger partial charge in [0.25, 0.3) is 0 Å². The van der Waals surface area contributed by atoms with Gasteiger partial charge in [0.15, 0.2) is 0 Å². The van der Waals surface area contributed by atoms with E-state index in [1.165, 1.54) is 5.56 Å². The predicted octanol–water partition coefficient (Wildman–Crippen LogP) is 1.32. The largest absolute Gasteiger partial charge is 0.381 e. The van der Waals surface area contributed by atoms with E-state index >= 15 is 0 Å². The van der Waals surface area contributed by atoms with Crippen LogP contribution in [0.3, 0.4) is 0 Å². The van der Waals surface area contributed by atoms with Crippen molar-refractivity contribution in [2.24, 2.45) is 0 Å². The fourth-order valence-electron chi connectivity index (χ4n) is 2.63. The zero-order valence-electron chi connectivity index (χ0n) is 10.5. The highest BCUT2D eigenvalue weighted by atomic mass is 16.5. The van der Waals surface area contributed by atoms with Gasteiger partial charge in [-0.05, 0) is 24.5 Å². The summed E-state index contributed by atoms with van der Waals surface area (Å²) < 4.78 is 5.21. The number of fused-ring (bicyclic) bond motifs is 1. The average molecular weight is 246 g/mol. The SMILES string of the molecule is COC1CC(NC(=O)C2Cc3ccccc3N2)C1. The third kappa shape index (κ3) is 2.08. The molecule has 1 aliphatic carbocycles. The number of carbonyl (C=O) groups is 1. The maximum atomic E-state index is 12.1. The summed E-state index contributed by atoms with van der Waals surface area (Å²) in [4.78, 5) is 12.1. The Morgan fingerprint density at radius 1 is 1.39 bits per heavy atom. The summed E-state index contributed by atoms with van der Waals surface area (Å²) in [6.45, 7) is 0. The summed E-state index contributed by atoms with van der Waals surface area (Å²) >= 11 is 0. The van der Waals surface area contributed by atoms with E-state index in [1.807, 2.05) is 18.2 Å². The highest BCUT2D eigenvalue weighted by Gasteiger charge is 2.33. The molecule has 1 aromatic carbocycles. The van der Waals surface area contributed by atoms with Crippen LogP contribution in [-0.4, -0.2) is 31.2 Å². The second-order valence-electron chi connectivity index (χ2n) is 5.09. The van der Waals surface area contributed by atoms with Gasteiger partial charge in [0, 0.05) is 25.3 Å². The van der Waals surface area contributed by atoms with Crippen LogP contribution >= 0.6 is 0 Å². The Morgan fingerprint density at radius 3 is 2.89 bits per heavy atom. The molecule has 1 unspecified atom stereocenters. The molecule has 3 rings (SSSR count). The molecule has 0 radical (unpaired) electrons. The number of amides is 1. The lowest BCUT2D eigenvalue weighted by molar-refractivity contribution is -0.124. The number of para-hydroxylation sites is 1. The van der Waals surface area contributed by atoms with Crippen molar-refractivity contribution >= 4 is 11.6 Å². The molecule has 2 aliphatic rings. The van der Waals surface area contributed by atoms with Gasteiger partial charge in [0.1, 0.15) is 6.04 Å². The fraction of sp³-hybridized carbons (Fsp3) is 0.500. The molecule has 1 saturated carbocycles. The molecule has 0 bridgehead atoms. The van der Waals surface area contributed by atoms with E-state index < -0.39 is 0 Å². The number of nitrogens with one attached hydrogen (secondary N) is 2. The van der Waals surface area contributed by atoms with Crippen LogP contribution in [0, 0.1) is 0 Å². The smallest absolute Gasteiger partial charge is 0.243 e. The summed E-state index contributed by atoms with van der Waals surface area (Å²) in [5, 5.41) is 6.35. The van der Waals surface area contributed by atoms with Crippen molar-refractivity contribution < 1.29 is 9.53 Å². The molecule has 1 aromatic rings. The molecule has 0 aromatic heterocycles. The first kappa shape index (κ1) is 11.5. The summed E-state index contributed by atoms with van der Waals surface area (Å²) in [6, 6.07) is 8.25. The highest BCUT2D eigenvalue weighted by Crippen LogP contribution is 2.26. The van der Waals surface area contributed by atoms with Gasteiger partial charge in [-0.15, -0.1) is 0 Å². The van der Waals surface area contributed by atoms with Gasteiger partial charge in [-0.2, -0.15) is 0 Å². The van der Waals surface area contributed by atoms with Crippen molar-refractivity contribution in [1.29, 1.82) is 0 Å². The van der Waals surface area contributed by atoms with E-state index in [9.17, 15) is 4.79 Å². The zero-order valence-corrected chi connectivity index (χ0v) is 10.5.